The lowest BCUT2D eigenvalue weighted by Gasteiger charge is -2.34. The van der Waals surface area contributed by atoms with Crippen molar-refractivity contribution in [3.05, 3.63) is 80.6 Å². The first-order valence-corrected chi connectivity index (χ1v) is 14.7. The van der Waals surface area contributed by atoms with Gasteiger partial charge >= 0.3 is 6.09 Å². The molecular weight excluding hydrogens is 555 g/mol. The minimum atomic E-state index is -2.77. The molecule has 0 radical (unpaired) electrons. The number of anilines is 1. The van der Waals surface area contributed by atoms with Gasteiger partial charge in [0.05, 0.1) is 23.2 Å². The molecule has 2 unspecified atom stereocenters. The highest BCUT2D eigenvalue weighted by atomic mass is 35.5. The van der Waals surface area contributed by atoms with Crippen LogP contribution in [0, 0.1) is 0 Å². The van der Waals surface area contributed by atoms with Gasteiger partial charge in [0.15, 0.2) is 0 Å². The van der Waals surface area contributed by atoms with Gasteiger partial charge < -0.3 is 14.8 Å². The molecule has 0 saturated carbocycles. The smallest absolute Gasteiger partial charge is 0.407 e. The van der Waals surface area contributed by atoms with Gasteiger partial charge in [-0.05, 0) is 84.7 Å². The van der Waals surface area contributed by atoms with Crippen LogP contribution in [-0.2, 0) is 28.5 Å². The second-order valence-electron chi connectivity index (χ2n) is 8.59. The summed E-state index contributed by atoms with van der Waals surface area (Å²) in [6, 6.07) is 14.9. The number of fused-ring (bicyclic) bond motifs is 1. The molecule has 1 aliphatic carbocycles. The van der Waals surface area contributed by atoms with E-state index in [0.29, 0.717) is 33.8 Å². The van der Waals surface area contributed by atoms with Gasteiger partial charge in [0.2, 0.25) is 10.9 Å². The summed E-state index contributed by atoms with van der Waals surface area (Å²) in [6.07, 6.45) is 1.76. The average Bonchev–Trinajstić information content (AvgIpc) is 3.40. The molecule has 4 rings (SSSR count). The maximum Gasteiger partial charge on any atom is 0.407 e. The summed E-state index contributed by atoms with van der Waals surface area (Å²) in [6.45, 7) is 2.47. The molecule has 2 atom stereocenters. The number of thiol groups is 1. The van der Waals surface area contributed by atoms with Gasteiger partial charge in [-0.1, -0.05) is 35.3 Å². The SMILES string of the molecule is CCOC(=O)NC1CCc2ccc(OCCN(c3cccs3)[SH](=O)=O)cc2C1Cc1ccc(Cl)c(Cl)c1. The number of nitrogens with one attached hydrogen (secondary N) is 1. The summed E-state index contributed by atoms with van der Waals surface area (Å²) < 4.78 is 35.9. The number of ether oxygens (including phenoxy) is 2. The Balaban J connectivity index is 1.55. The van der Waals surface area contributed by atoms with Crippen LogP contribution in [0.2, 0.25) is 10.0 Å². The van der Waals surface area contributed by atoms with Crippen LogP contribution in [0.15, 0.2) is 53.9 Å². The number of aryl methyl sites for hydroxylation is 1. The Kier molecular flexibility index (Phi) is 9.59. The van der Waals surface area contributed by atoms with Gasteiger partial charge in [-0.2, -0.15) is 0 Å². The molecule has 1 aromatic heterocycles. The molecule has 11 heteroatoms. The molecule has 1 aliphatic rings. The highest BCUT2D eigenvalue weighted by Gasteiger charge is 2.32. The first-order chi connectivity index (χ1) is 17.9. The van der Waals surface area contributed by atoms with E-state index in [4.69, 9.17) is 32.7 Å². The van der Waals surface area contributed by atoms with Crippen LogP contribution in [0.5, 0.6) is 5.75 Å². The highest BCUT2D eigenvalue weighted by Crippen LogP contribution is 2.37. The molecule has 7 nitrogen and oxygen atoms in total. The zero-order valence-electron chi connectivity index (χ0n) is 20.2. The first-order valence-electron chi connectivity index (χ1n) is 11.9. The van der Waals surface area contributed by atoms with E-state index in [2.05, 4.69) is 5.32 Å². The summed E-state index contributed by atoms with van der Waals surface area (Å²) in [5.74, 6) is 0.592. The number of rotatable bonds is 10. The Morgan fingerprint density at radius 1 is 1.16 bits per heavy atom. The molecule has 1 amide bonds. The van der Waals surface area contributed by atoms with Crippen LogP contribution >= 0.6 is 34.5 Å². The van der Waals surface area contributed by atoms with Gasteiger partial charge in [-0.15, -0.1) is 11.3 Å². The Bertz CT molecular complexity index is 1290. The largest absolute Gasteiger partial charge is 0.492 e. The fourth-order valence-corrected chi connectivity index (χ4v) is 6.37. The quantitative estimate of drug-likeness (QED) is 0.293. The van der Waals surface area contributed by atoms with Crippen LogP contribution in [0.25, 0.3) is 0 Å². The predicted molar refractivity (Wildman–Crippen MR) is 149 cm³/mol. The standard InChI is InChI=1S/C26H28Cl2N2O5S2/c1-2-34-26(31)29-24-10-7-18-6-8-19(35-12-11-30(37(32)33)25-4-3-13-36-25)16-20(18)21(24)14-17-5-9-22(27)23(28)15-17/h3-6,8-9,13,15-16,21,24,37H,2,7,10-12,14H2,1H3,(H,29,31). The predicted octanol–water partition coefficient (Wildman–Crippen LogP) is 5.85. The monoisotopic (exact) mass is 582 g/mol. The van der Waals surface area contributed by atoms with E-state index in [0.717, 1.165) is 24.0 Å². The molecule has 0 bridgehead atoms. The second-order valence-corrected chi connectivity index (χ2v) is 11.3. The molecule has 198 valence electrons. The Morgan fingerprint density at radius 3 is 2.70 bits per heavy atom. The average molecular weight is 584 g/mol. The Labute approximate surface area is 232 Å². The lowest BCUT2D eigenvalue weighted by atomic mass is 9.76. The number of thiophene rings is 1. The third-order valence-electron chi connectivity index (χ3n) is 6.27. The summed E-state index contributed by atoms with van der Waals surface area (Å²) in [4.78, 5) is 12.3. The van der Waals surface area contributed by atoms with Crippen molar-refractivity contribution in [1.82, 2.24) is 5.32 Å². The molecule has 2 aromatic carbocycles. The number of alkyl carbamates (subject to hydrolysis) is 1. The van der Waals surface area contributed by atoms with Crippen molar-refractivity contribution in [2.24, 2.45) is 0 Å². The lowest BCUT2D eigenvalue weighted by molar-refractivity contribution is 0.144. The van der Waals surface area contributed by atoms with Crippen LogP contribution in [0.3, 0.4) is 0 Å². The van der Waals surface area contributed by atoms with E-state index in [9.17, 15) is 13.2 Å². The number of hydrogen-bond acceptors (Lipinski definition) is 6. The summed E-state index contributed by atoms with van der Waals surface area (Å²) in [5, 5.41) is 6.48. The number of nitrogens with zero attached hydrogens (tertiary/aromatic N) is 1. The molecule has 0 saturated heterocycles. The fourth-order valence-electron chi connectivity index (χ4n) is 4.57. The van der Waals surface area contributed by atoms with E-state index in [1.807, 2.05) is 41.8 Å². The van der Waals surface area contributed by atoms with Gasteiger partial charge in [0.1, 0.15) is 17.4 Å². The third-order valence-corrected chi connectivity index (χ3v) is 8.85. The summed E-state index contributed by atoms with van der Waals surface area (Å²) in [5.41, 5.74) is 3.25. The van der Waals surface area contributed by atoms with E-state index < -0.39 is 17.0 Å². The normalized spacial score (nSPS) is 16.8. The molecule has 3 aromatic rings. The van der Waals surface area contributed by atoms with E-state index in [1.165, 1.54) is 21.2 Å². The molecule has 0 spiro atoms. The zero-order valence-corrected chi connectivity index (χ0v) is 23.4. The van der Waals surface area contributed by atoms with Gasteiger partial charge in [0.25, 0.3) is 0 Å². The topological polar surface area (TPSA) is 84.9 Å². The number of hydrogen-bond donors (Lipinski definition) is 2. The minimum absolute atomic E-state index is 0.0484. The molecule has 1 N–H and O–H groups in total. The maximum absolute atomic E-state index is 12.3. The van der Waals surface area contributed by atoms with Crippen molar-refractivity contribution in [3.63, 3.8) is 0 Å². The number of amides is 1. The third kappa shape index (κ3) is 7.10. The van der Waals surface area contributed by atoms with Crippen molar-refractivity contribution in [1.29, 1.82) is 0 Å². The highest BCUT2D eigenvalue weighted by molar-refractivity contribution is 7.74. The van der Waals surface area contributed by atoms with Gasteiger partial charge in [-0.25, -0.2) is 13.2 Å². The lowest BCUT2D eigenvalue weighted by Crippen LogP contribution is -2.43. The summed E-state index contributed by atoms with van der Waals surface area (Å²) in [7, 11) is -2.77. The maximum atomic E-state index is 12.3. The Morgan fingerprint density at radius 2 is 2.00 bits per heavy atom. The molecule has 1 heterocycles. The first kappa shape index (κ1) is 27.6. The number of carbonyl (C=O) groups excluding carboxylic acids is 1. The number of benzene rings is 2. The van der Waals surface area contributed by atoms with Gasteiger partial charge in [-0.3, -0.25) is 4.31 Å². The van der Waals surface area contributed by atoms with E-state index in [1.54, 1.807) is 19.1 Å². The minimum Gasteiger partial charge on any atom is -0.492 e. The summed E-state index contributed by atoms with van der Waals surface area (Å²) >= 11 is 13.8. The van der Waals surface area contributed by atoms with Gasteiger partial charge in [0, 0.05) is 12.0 Å². The Hall–Kier alpha value is -2.46. The number of halogens is 2. The van der Waals surface area contributed by atoms with Crippen LogP contribution in [-0.4, -0.2) is 40.3 Å². The number of carbonyl (C=O) groups is 1. The van der Waals surface area contributed by atoms with Crippen molar-refractivity contribution in [3.8, 4) is 5.75 Å². The van der Waals surface area contributed by atoms with Crippen molar-refractivity contribution in [2.75, 3.05) is 24.1 Å². The van der Waals surface area contributed by atoms with E-state index in [-0.39, 0.29) is 25.1 Å². The van der Waals surface area contributed by atoms with Crippen LogP contribution < -0.4 is 14.4 Å². The molecule has 37 heavy (non-hydrogen) atoms. The van der Waals surface area contributed by atoms with Crippen LogP contribution in [0.4, 0.5) is 9.80 Å². The van der Waals surface area contributed by atoms with Crippen molar-refractivity contribution in [2.45, 2.75) is 38.1 Å². The fraction of sp³-hybridized carbons (Fsp3) is 0.346. The van der Waals surface area contributed by atoms with Crippen molar-refractivity contribution >= 4 is 56.5 Å². The molecular formula is C26H28Cl2N2O5S2. The van der Waals surface area contributed by atoms with Crippen molar-refractivity contribution < 1.29 is 22.7 Å². The van der Waals surface area contributed by atoms with Crippen LogP contribution in [0.1, 0.15) is 36.0 Å². The molecule has 0 aliphatic heterocycles. The zero-order chi connectivity index (χ0) is 26.4. The molecule has 0 fully saturated rings. The van der Waals surface area contributed by atoms with E-state index >= 15 is 0 Å². The second kappa shape index (κ2) is 12.9.